The van der Waals surface area contributed by atoms with Gasteiger partial charge >= 0.3 is 0 Å². The molecular formula is C34H38N4O2. The first-order valence-electron chi connectivity index (χ1n) is 14.3. The van der Waals surface area contributed by atoms with E-state index in [9.17, 15) is 4.79 Å². The van der Waals surface area contributed by atoms with Crippen LogP contribution >= 0.6 is 0 Å². The van der Waals surface area contributed by atoms with Crippen molar-refractivity contribution in [3.63, 3.8) is 0 Å². The Labute approximate surface area is 237 Å². The summed E-state index contributed by atoms with van der Waals surface area (Å²) in [6.45, 7) is 9.10. The molecule has 1 amide bonds. The lowest BCUT2D eigenvalue weighted by Crippen LogP contribution is -2.55. The summed E-state index contributed by atoms with van der Waals surface area (Å²) in [5.74, 6) is 1.02. The average Bonchev–Trinajstić information content (AvgIpc) is 3.38. The quantitative estimate of drug-likeness (QED) is 0.320. The summed E-state index contributed by atoms with van der Waals surface area (Å²) in [6.07, 6.45) is 1.19. The molecular weight excluding hydrogens is 496 g/mol. The van der Waals surface area contributed by atoms with E-state index in [4.69, 9.17) is 9.72 Å². The number of aromatic nitrogens is 1. The van der Waals surface area contributed by atoms with Gasteiger partial charge in [-0.1, -0.05) is 42.5 Å². The summed E-state index contributed by atoms with van der Waals surface area (Å²) in [5.41, 5.74) is 7.35. The van der Waals surface area contributed by atoms with Gasteiger partial charge in [0.25, 0.3) is 0 Å². The van der Waals surface area contributed by atoms with Crippen molar-refractivity contribution in [2.24, 2.45) is 0 Å². The zero-order valence-electron chi connectivity index (χ0n) is 24.1. The van der Waals surface area contributed by atoms with Gasteiger partial charge in [0.05, 0.1) is 24.9 Å². The number of ether oxygens (including phenoxy) is 1. The molecule has 3 aromatic carbocycles. The molecule has 1 saturated heterocycles. The first kappa shape index (κ1) is 26.3. The SMILES string of the molecule is COc1cc2c(cc1N1CC(C)N(C)C(C)C1)N(C(=O)Cc1ccc(-c3cccc(C)n3)c3ccccc13)CC2. The second-order valence-electron chi connectivity index (χ2n) is 11.4. The normalized spacial score (nSPS) is 19.2. The maximum atomic E-state index is 13.9. The van der Waals surface area contributed by atoms with E-state index in [-0.39, 0.29) is 5.91 Å². The van der Waals surface area contributed by atoms with Gasteiger partial charge in [0.1, 0.15) is 5.75 Å². The molecule has 0 bridgehead atoms. The van der Waals surface area contributed by atoms with Crippen LogP contribution in [0.15, 0.2) is 66.7 Å². The van der Waals surface area contributed by atoms with E-state index < -0.39 is 0 Å². The number of likely N-dealkylation sites (N-methyl/N-ethyl adjacent to an activating group) is 1. The Morgan fingerprint density at radius 1 is 0.950 bits per heavy atom. The molecule has 1 fully saturated rings. The van der Waals surface area contributed by atoms with Crippen molar-refractivity contribution in [1.29, 1.82) is 0 Å². The van der Waals surface area contributed by atoms with Gasteiger partial charge in [-0.2, -0.15) is 0 Å². The fourth-order valence-electron chi connectivity index (χ4n) is 6.36. The molecule has 40 heavy (non-hydrogen) atoms. The number of hydrogen-bond acceptors (Lipinski definition) is 5. The second kappa shape index (κ2) is 10.6. The van der Waals surface area contributed by atoms with Crippen LogP contribution in [-0.4, -0.2) is 61.7 Å². The number of piperazine rings is 1. The lowest BCUT2D eigenvalue weighted by molar-refractivity contribution is -0.117. The van der Waals surface area contributed by atoms with Crippen LogP contribution < -0.4 is 14.5 Å². The average molecular weight is 535 g/mol. The highest BCUT2D eigenvalue weighted by atomic mass is 16.5. The molecule has 2 aliphatic heterocycles. The monoisotopic (exact) mass is 534 g/mol. The zero-order chi connectivity index (χ0) is 28.0. The van der Waals surface area contributed by atoms with Gasteiger partial charge in [-0.3, -0.25) is 14.7 Å². The molecule has 3 heterocycles. The number of benzene rings is 3. The number of methoxy groups -OCH3 is 1. The summed E-state index contributed by atoms with van der Waals surface area (Å²) < 4.78 is 5.85. The highest BCUT2D eigenvalue weighted by Gasteiger charge is 2.32. The summed E-state index contributed by atoms with van der Waals surface area (Å²) in [4.78, 5) is 25.4. The summed E-state index contributed by atoms with van der Waals surface area (Å²) >= 11 is 0. The second-order valence-corrected chi connectivity index (χ2v) is 11.4. The molecule has 0 N–H and O–H groups in total. The van der Waals surface area contributed by atoms with Gasteiger partial charge in [-0.25, -0.2) is 0 Å². The third-order valence-corrected chi connectivity index (χ3v) is 8.80. The Hall–Kier alpha value is -3.90. The maximum absolute atomic E-state index is 13.9. The van der Waals surface area contributed by atoms with E-state index in [1.807, 2.05) is 30.0 Å². The Morgan fingerprint density at radius 2 is 1.70 bits per heavy atom. The van der Waals surface area contributed by atoms with E-state index in [1.165, 1.54) is 5.56 Å². The molecule has 6 heteroatoms. The van der Waals surface area contributed by atoms with Crippen molar-refractivity contribution in [3.8, 4) is 17.0 Å². The number of hydrogen-bond donors (Lipinski definition) is 0. The van der Waals surface area contributed by atoms with E-state index in [0.717, 1.165) is 69.9 Å². The predicted octanol–water partition coefficient (Wildman–Crippen LogP) is 5.88. The topological polar surface area (TPSA) is 48.9 Å². The van der Waals surface area contributed by atoms with Gasteiger partial charge in [0, 0.05) is 48.7 Å². The lowest BCUT2D eigenvalue weighted by atomic mass is 9.95. The van der Waals surface area contributed by atoms with Gasteiger partial charge < -0.3 is 14.5 Å². The van der Waals surface area contributed by atoms with E-state index in [0.29, 0.717) is 25.0 Å². The van der Waals surface area contributed by atoms with Crippen molar-refractivity contribution in [2.75, 3.05) is 43.6 Å². The zero-order valence-corrected chi connectivity index (χ0v) is 24.1. The minimum absolute atomic E-state index is 0.126. The van der Waals surface area contributed by atoms with Crippen LogP contribution in [0.1, 0.15) is 30.7 Å². The number of fused-ring (bicyclic) bond motifs is 2. The van der Waals surface area contributed by atoms with Gasteiger partial charge in [0.15, 0.2) is 0 Å². The summed E-state index contributed by atoms with van der Waals surface area (Å²) in [5, 5.41) is 2.23. The number of carbonyl (C=O) groups excluding carboxylic acids is 1. The molecule has 6 rings (SSSR count). The van der Waals surface area contributed by atoms with Crippen LogP contribution in [0.5, 0.6) is 5.75 Å². The molecule has 0 saturated carbocycles. The fraction of sp³-hybridized carbons (Fsp3) is 0.353. The Morgan fingerprint density at radius 3 is 2.42 bits per heavy atom. The molecule has 2 unspecified atom stereocenters. The maximum Gasteiger partial charge on any atom is 0.231 e. The largest absolute Gasteiger partial charge is 0.495 e. The number of carbonyl (C=O) groups is 1. The van der Waals surface area contributed by atoms with Crippen LogP contribution in [0.2, 0.25) is 0 Å². The van der Waals surface area contributed by atoms with Crippen molar-refractivity contribution in [3.05, 3.63) is 83.6 Å². The first-order chi connectivity index (χ1) is 19.3. The van der Waals surface area contributed by atoms with Crippen LogP contribution in [-0.2, 0) is 17.6 Å². The smallest absolute Gasteiger partial charge is 0.231 e. The number of pyridine rings is 1. The minimum atomic E-state index is 0.126. The van der Waals surface area contributed by atoms with Crippen molar-refractivity contribution >= 4 is 28.1 Å². The van der Waals surface area contributed by atoms with E-state index in [2.05, 4.69) is 79.2 Å². The van der Waals surface area contributed by atoms with Crippen molar-refractivity contribution < 1.29 is 9.53 Å². The molecule has 2 atom stereocenters. The van der Waals surface area contributed by atoms with Crippen LogP contribution in [0, 0.1) is 6.92 Å². The van der Waals surface area contributed by atoms with Crippen molar-refractivity contribution in [2.45, 2.75) is 45.7 Å². The highest BCUT2D eigenvalue weighted by Crippen LogP contribution is 2.41. The Bertz CT molecular complexity index is 1570. The molecule has 2 aliphatic rings. The highest BCUT2D eigenvalue weighted by molar-refractivity contribution is 6.03. The first-order valence-corrected chi connectivity index (χ1v) is 14.3. The number of aryl methyl sites for hydroxylation is 1. The molecule has 0 aliphatic carbocycles. The Balaban J connectivity index is 1.31. The molecule has 4 aromatic rings. The van der Waals surface area contributed by atoms with Gasteiger partial charge in [0.2, 0.25) is 5.91 Å². The van der Waals surface area contributed by atoms with E-state index >= 15 is 0 Å². The van der Waals surface area contributed by atoms with Crippen LogP contribution in [0.3, 0.4) is 0 Å². The van der Waals surface area contributed by atoms with Gasteiger partial charge in [-0.05, 0) is 80.4 Å². The molecule has 6 nitrogen and oxygen atoms in total. The minimum Gasteiger partial charge on any atom is -0.495 e. The van der Waals surface area contributed by atoms with E-state index in [1.54, 1.807) is 7.11 Å². The number of rotatable bonds is 5. The summed E-state index contributed by atoms with van der Waals surface area (Å²) in [7, 11) is 3.94. The third-order valence-electron chi connectivity index (χ3n) is 8.80. The fourth-order valence-corrected chi connectivity index (χ4v) is 6.36. The molecule has 206 valence electrons. The van der Waals surface area contributed by atoms with Crippen molar-refractivity contribution in [1.82, 2.24) is 9.88 Å². The molecule has 0 spiro atoms. The molecule has 1 aromatic heterocycles. The predicted molar refractivity (Wildman–Crippen MR) is 164 cm³/mol. The van der Waals surface area contributed by atoms with Gasteiger partial charge in [-0.15, -0.1) is 0 Å². The molecule has 0 radical (unpaired) electrons. The number of anilines is 2. The van der Waals surface area contributed by atoms with Crippen LogP contribution in [0.25, 0.3) is 22.0 Å². The standard InChI is InChI=1S/C34H38N4O2/c1-22-9-8-12-30(35-22)29-14-13-25(27-10-6-7-11-28(27)29)18-34(39)38-16-15-26-17-33(40-5)32(19-31(26)38)37-20-23(2)36(4)24(3)21-37/h6-14,17,19,23-24H,15-16,18,20-21H2,1-5H3. The number of amides is 1. The summed E-state index contributed by atoms with van der Waals surface area (Å²) in [6, 6.07) is 23.9. The van der Waals surface area contributed by atoms with Crippen LogP contribution in [0.4, 0.5) is 11.4 Å². The third kappa shape index (κ3) is 4.71. The Kier molecular flexibility index (Phi) is 6.97. The lowest BCUT2D eigenvalue weighted by Gasteiger charge is -2.44. The number of nitrogens with zero attached hydrogens (tertiary/aromatic N) is 4.